The number of rotatable bonds is 11. The molecule has 1 unspecified atom stereocenters. The van der Waals surface area contributed by atoms with Gasteiger partial charge in [-0.2, -0.15) is 4.72 Å². The van der Waals surface area contributed by atoms with E-state index >= 15 is 0 Å². The molecule has 1 N–H and O–H groups in total. The van der Waals surface area contributed by atoms with E-state index in [-0.39, 0.29) is 17.2 Å². The van der Waals surface area contributed by atoms with Gasteiger partial charge in [-0.25, -0.2) is 8.42 Å². The van der Waals surface area contributed by atoms with Gasteiger partial charge in [0.15, 0.2) is 0 Å². The summed E-state index contributed by atoms with van der Waals surface area (Å²) in [5.41, 5.74) is 2.05. The fourth-order valence-electron chi connectivity index (χ4n) is 4.44. The Morgan fingerprint density at radius 2 is 1.55 bits per heavy atom. The lowest BCUT2D eigenvalue weighted by atomic mass is 10.1. The number of benzene rings is 3. The maximum absolute atomic E-state index is 13.6. The van der Waals surface area contributed by atoms with E-state index < -0.39 is 16.1 Å². The largest absolute Gasteiger partial charge is 0.494 e. The Bertz CT molecular complexity index is 1290. The van der Waals surface area contributed by atoms with Crippen LogP contribution in [0.1, 0.15) is 18.1 Å². The van der Waals surface area contributed by atoms with Crippen LogP contribution in [-0.2, 0) is 21.2 Å². The van der Waals surface area contributed by atoms with Crippen LogP contribution >= 0.6 is 0 Å². The molecule has 4 rings (SSSR count). The first-order valence-corrected chi connectivity index (χ1v) is 14.4. The molecular formula is C30H35N3O4S. The van der Waals surface area contributed by atoms with Crippen molar-refractivity contribution in [3.63, 3.8) is 0 Å². The van der Waals surface area contributed by atoms with Crippen LogP contribution in [0.4, 0.5) is 0 Å². The minimum atomic E-state index is -3.92. The molecule has 0 aromatic heterocycles. The number of hydrogen-bond donors (Lipinski definition) is 1. The zero-order valence-electron chi connectivity index (χ0n) is 21.7. The van der Waals surface area contributed by atoms with Crippen LogP contribution in [0.25, 0.3) is 6.08 Å². The van der Waals surface area contributed by atoms with E-state index in [1.807, 2.05) is 55.5 Å². The lowest BCUT2D eigenvalue weighted by molar-refractivity contribution is -0.134. The van der Waals surface area contributed by atoms with Crippen LogP contribution in [0.2, 0.25) is 0 Å². The molecule has 1 atom stereocenters. The summed E-state index contributed by atoms with van der Waals surface area (Å²) in [5.74, 6) is 0.391. The van der Waals surface area contributed by atoms with Crippen LogP contribution < -0.4 is 9.46 Å². The number of carbonyl (C=O) groups is 1. The van der Waals surface area contributed by atoms with Crippen LogP contribution in [0.15, 0.2) is 95.9 Å². The van der Waals surface area contributed by atoms with E-state index in [0.717, 1.165) is 30.8 Å². The van der Waals surface area contributed by atoms with Gasteiger partial charge in [0, 0.05) is 32.7 Å². The SMILES string of the molecule is CCOc1ccc(S(=O)(=O)NC(Cc2ccccc2)C(=O)N2CCN(C/C=C/c3ccccc3)CC2)cc1. The lowest BCUT2D eigenvalue weighted by Crippen LogP contribution is -2.55. The van der Waals surface area contributed by atoms with E-state index in [4.69, 9.17) is 4.74 Å². The second-order valence-electron chi connectivity index (χ2n) is 9.21. The van der Waals surface area contributed by atoms with Crippen molar-refractivity contribution in [1.82, 2.24) is 14.5 Å². The van der Waals surface area contributed by atoms with Gasteiger partial charge in [0.05, 0.1) is 11.5 Å². The van der Waals surface area contributed by atoms with Gasteiger partial charge in [-0.3, -0.25) is 9.69 Å². The zero-order valence-corrected chi connectivity index (χ0v) is 22.5. The van der Waals surface area contributed by atoms with Crippen LogP contribution in [0, 0.1) is 0 Å². The molecule has 0 radical (unpaired) electrons. The smallest absolute Gasteiger partial charge is 0.241 e. The molecule has 8 heteroatoms. The highest BCUT2D eigenvalue weighted by Gasteiger charge is 2.31. The number of amides is 1. The molecule has 0 saturated carbocycles. The van der Waals surface area contributed by atoms with Crippen molar-refractivity contribution < 1.29 is 17.9 Å². The highest BCUT2D eigenvalue weighted by molar-refractivity contribution is 7.89. The Labute approximate surface area is 225 Å². The predicted octanol–water partition coefficient (Wildman–Crippen LogP) is 3.83. The third kappa shape index (κ3) is 7.77. The Morgan fingerprint density at radius 3 is 2.18 bits per heavy atom. The van der Waals surface area contributed by atoms with Crippen molar-refractivity contribution >= 4 is 22.0 Å². The average Bonchev–Trinajstić information content (AvgIpc) is 2.94. The van der Waals surface area contributed by atoms with Crippen molar-refractivity contribution in [2.24, 2.45) is 0 Å². The molecule has 1 aliphatic heterocycles. The Morgan fingerprint density at radius 1 is 0.921 bits per heavy atom. The van der Waals surface area contributed by atoms with Gasteiger partial charge in [-0.05, 0) is 48.7 Å². The van der Waals surface area contributed by atoms with Crippen molar-refractivity contribution in [1.29, 1.82) is 0 Å². The maximum atomic E-state index is 13.6. The van der Waals surface area contributed by atoms with Crippen LogP contribution in [0.5, 0.6) is 5.75 Å². The van der Waals surface area contributed by atoms with Crippen LogP contribution in [0.3, 0.4) is 0 Å². The van der Waals surface area contributed by atoms with Crippen molar-refractivity contribution in [2.75, 3.05) is 39.3 Å². The molecule has 200 valence electrons. The molecule has 1 saturated heterocycles. The minimum Gasteiger partial charge on any atom is -0.494 e. The number of hydrogen-bond acceptors (Lipinski definition) is 5. The number of piperazine rings is 1. The van der Waals surface area contributed by atoms with Crippen LogP contribution in [-0.4, -0.2) is 69.5 Å². The molecule has 3 aromatic carbocycles. The minimum absolute atomic E-state index is 0.0989. The Hall–Kier alpha value is -3.46. The number of nitrogens with one attached hydrogen (secondary N) is 1. The topological polar surface area (TPSA) is 78.9 Å². The summed E-state index contributed by atoms with van der Waals surface area (Å²) in [7, 11) is -3.92. The molecule has 0 spiro atoms. The number of ether oxygens (including phenoxy) is 1. The van der Waals surface area contributed by atoms with Gasteiger partial charge in [-0.1, -0.05) is 72.8 Å². The van der Waals surface area contributed by atoms with Gasteiger partial charge < -0.3 is 9.64 Å². The maximum Gasteiger partial charge on any atom is 0.241 e. The Kier molecular flexibility index (Phi) is 9.70. The highest BCUT2D eigenvalue weighted by atomic mass is 32.2. The molecule has 7 nitrogen and oxygen atoms in total. The molecule has 1 heterocycles. The van der Waals surface area contributed by atoms with E-state index in [2.05, 4.69) is 33.9 Å². The molecule has 38 heavy (non-hydrogen) atoms. The molecule has 0 aliphatic carbocycles. The molecule has 0 bridgehead atoms. The Balaban J connectivity index is 1.41. The summed E-state index contributed by atoms with van der Waals surface area (Å²) in [6.45, 7) is 5.72. The molecule has 1 fully saturated rings. The van der Waals surface area contributed by atoms with Gasteiger partial charge in [0.1, 0.15) is 11.8 Å². The normalized spacial score (nSPS) is 15.4. The molecule has 1 aliphatic rings. The quantitative estimate of drug-likeness (QED) is 0.405. The summed E-state index contributed by atoms with van der Waals surface area (Å²) in [6, 6.07) is 25.0. The first kappa shape index (κ1) is 27.6. The van der Waals surface area contributed by atoms with Gasteiger partial charge in [-0.15, -0.1) is 0 Å². The summed E-state index contributed by atoms with van der Waals surface area (Å²) < 4.78 is 34.6. The summed E-state index contributed by atoms with van der Waals surface area (Å²) >= 11 is 0. The van der Waals surface area contributed by atoms with Gasteiger partial charge in [0.25, 0.3) is 0 Å². The third-order valence-electron chi connectivity index (χ3n) is 6.48. The molecule has 3 aromatic rings. The highest BCUT2D eigenvalue weighted by Crippen LogP contribution is 2.18. The van der Waals surface area contributed by atoms with E-state index in [1.165, 1.54) is 12.1 Å². The number of carbonyl (C=O) groups excluding carboxylic acids is 1. The van der Waals surface area contributed by atoms with Crippen molar-refractivity contribution in [2.45, 2.75) is 24.3 Å². The first-order valence-electron chi connectivity index (χ1n) is 13.0. The second-order valence-corrected chi connectivity index (χ2v) is 10.9. The lowest BCUT2D eigenvalue weighted by Gasteiger charge is -2.36. The standard InChI is InChI=1S/C30H35N3O4S/c1-2-37-27-15-17-28(18-16-27)38(35,36)31-29(24-26-12-7-4-8-13-26)30(34)33-22-20-32(21-23-33)19-9-14-25-10-5-3-6-11-25/h3-18,29,31H,2,19-24H2,1H3/b14-9+. The molecule has 1 amide bonds. The summed E-state index contributed by atoms with van der Waals surface area (Å²) in [4.78, 5) is 17.8. The monoisotopic (exact) mass is 533 g/mol. The summed E-state index contributed by atoms with van der Waals surface area (Å²) in [6.07, 6.45) is 4.51. The van der Waals surface area contributed by atoms with Crippen molar-refractivity contribution in [3.05, 3.63) is 102 Å². The third-order valence-corrected chi connectivity index (χ3v) is 7.97. The van der Waals surface area contributed by atoms with Gasteiger partial charge >= 0.3 is 0 Å². The average molecular weight is 534 g/mol. The predicted molar refractivity (Wildman–Crippen MR) is 150 cm³/mol. The number of nitrogens with zero attached hydrogens (tertiary/aromatic N) is 2. The fraction of sp³-hybridized carbons (Fsp3) is 0.300. The first-order chi connectivity index (χ1) is 18.4. The van der Waals surface area contributed by atoms with Gasteiger partial charge in [0.2, 0.25) is 15.9 Å². The van der Waals surface area contributed by atoms with E-state index in [0.29, 0.717) is 25.4 Å². The fourth-order valence-corrected chi connectivity index (χ4v) is 5.63. The van der Waals surface area contributed by atoms with E-state index in [1.54, 1.807) is 17.0 Å². The zero-order chi connectivity index (χ0) is 26.8. The van der Waals surface area contributed by atoms with E-state index in [9.17, 15) is 13.2 Å². The second kappa shape index (κ2) is 13.4. The molecular weight excluding hydrogens is 498 g/mol. The summed E-state index contributed by atoms with van der Waals surface area (Å²) in [5, 5.41) is 0. The van der Waals surface area contributed by atoms with Crippen molar-refractivity contribution in [3.8, 4) is 5.75 Å². The number of sulfonamides is 1.